The molecule has 1 aromatic carbocycles. The lowest BCUT2D eigenvalue weighted by Crippen LogP contribution is -2.31. The average Bonchev–Trinajstić information content (AvgIpc) is 2.40. The lowest BCUT2D eigenvalue weighted by Gasteiger charge is -2.28. The molecule has 5 heteroatoms. The predicted molar refractivity (Wildman–Crippen MR) is 79.8 cm³/mol. The molecular weight excluding hydrogens is 308 g/mol. The van der Waals surface area contributed by atoms with E-state index in [2.05, 4.69) is 40.9 Å². The van der Waals surface area contributed by atoms with Crippen LogP contribution in [0.1, 0.15) is 24.9 Å². The van der Waals surface area contributed by atoms with Gasteiger partial charge in [0.05, 0.1) is 4.47 Å². The first-order valence-electron chi connectivity index (χ1n) is 6.66. The van der Waals surface area contributed by atoms with Gasteiger partial charge in [-0.3, -0.25) is 4.90 Å². The summed E-state index contributed by atoms with van der Waals surface area (Å²) in [6, 6.07) is 4.33. The quantitative estimate of drug-likeness (QED) is 0.902. The summed E-state index contributed by atoms with van der Waals surface area (Å²) in [7, 11) is 2.10. The van der Waals surface area contributed by atoms with Crippen molar-refractivity contribution in [2.45, 2.75) is 19.4 Å². The zero-order chi connectivity index (χ0) is 13.8. The molecule has 4 nitrogen and oxygen atoms in total. The second-order valence-electron chi connectivity index (χ2n) is 4.76. The van der Waals surface area contributed by atoms with Crippen LogP contribution in [-0.4, -0.2) is 38.3 Å². The molecule has 19 heavy (non-hydrogen) atoms. The SMILES string of the molecule is CCCN(C)C(CN)c1cc(Br)c2c(c1)OCCO2. The van der Waals surface area contributed by atoms with Crippen molar-refractivity contribution < 1.29 is 9.47 Å². The maximum Gasteiger partial charge on any atom is 0.175 e. The van der Waals surface area contributed by atoms with Crippen LogP contribution >= 0.6 is 15.9 Å². The fourth-order valence-corrected chi connectivity index (χ4v) is 2.98. The van der Waals surface area contributed by atoms with Crippen molar-refractivity contribution in [2.75, 3.05) is 33.4 Å². The molecule has 1 aliphatic rings. The molecule has 1 heterocycles. The number of rotatable bonds is 5. The van der Waals surface area contributed by atoms with Crippen LogP contribution in [0.25, 0.3) is 0 Å². The number of nitrogens with zero attached hydrogens (tertiary/aromatic N) is 1. The van der Waals surface area contributed by atoms with Gasteiger partial charge in [-0.1, -0.05) is 6.92 Å². The van der Waals surface area contributed by atoms with Gasteiger partial charge in [0.25, 0.3) is 0 Å². The summed E-state index contributed by atoms with van der Waals surface area (Å²) >= 11 is 3.55. The number of hydrogen-bond acceptors (Lipinski definition) is 4. The summed E-state index contributed by atoms with van der Waals surface area (Å²) in [6.45, 7) is 4.97. The summed E-state index contributed by atoms with van der Waals surface area (Å²) in [5, 5.41) is 0. The predicted octanol–water partition coefficient (Wildman–Crippen LogP) is 2.56. The van der Waals surface area contributed by atoms with Gasteiger partial charge in [-0.05, 0) is 53.6 Å². The smallest absolute Gasteiger partial charge is 0.175 e. The Kier molecular flexibility index (Phi) is 5.07. The highest BCUT2D eigenvalue weighted by molar-refractivity contribution is 9.10. The Morgan fingerprint density at radius 2 is 2.11 bits per heavy atom. The molecule has 2 N–H and O–H groups in total. The highest BCUT2D eigenvalue weighted by Gasteiger charge is 2.21. The molecule has 0 amide bonds. The summed E-state index contributed by atoms with van der Waals surface area (Å²) in [5.41, 5.74) is 7.09. The number of halogens is 1. The van der Waals surface area contributed by atoms with Crippen molar-refractivity contribution in [1.29, 1.82) is 0 Å². The molecule has 1 atom stereocenters. The number of hydrogen-bond donors (Lipinski definition) is 1. The molecule has 0 saturated heterocycles. The Balaban J connectivity index is 2.30. The molecule has 106 valence electrons. The minimum absolute atomic E-state index is 0.201. The molecule has 1 aliphatic heterocycles. The van der Waals surface area contributed by atoms with E-state index in [1.807, 2.05) is 6.07 Å². The van der Waals surface area contributed by atoms with Gasteiger partial charge in [0, 0.05) is 12.6 Å². The maximum atomic E-state index is 5.93. The van der Waals surface area contributed by atoms with Gasteiger partial charge in [0.1, 0.15) is 13.2 Å². The second-order valence-corrected chi connectivity index (χ2v) is 5.61. The first-order chi connectivity index (χ1) is 9.17. The van der Waals surface area contributed by atoms with Crippen molar-refractivity contribution >= 4 is 15.9 Å². The molecular formula is C14H21BrN2O2. The monoisotopic (exact) mass is 328 g/mol. The standard InChI is InChI=1S/C14H21BrN2O2/c1-3-4-17(2)12(9-16)10-7-11(15)14-13(8-10)18-5-6-19-14/h7-8,12H,3-6,9,16H2,1-2H3. The van der Waals surface area contributed by atoms with E-state index in [0.29, 0.717) is 19.8 Å². The van der Waals surface area contributed by atoms with Crippen LogP contribution in [0, 0.1) is 0 Å². The van der Waals surface area contributed by atoms with Gasteiger partial charge in [0.2, 0.25) is 0 Å². The number of ether oxygens (including phenoxy) is 2. The van der Waals surface area contributed by atoms with E-state index in [9.17, 15) is 0 Å². The van der Waals surface area contributed by atoms with E-state index < -0.39 is 0 Å². The minimum atomic E-state index is 0.201. The van der Waals surface area contributed by atoms with E-state index in [0.717, 1.165) is 34.5 Å². The van der Waals surface area contributed by atoms with Crippen LogP contribution < -0.4 is 15.2 Å². The normalized spacial score (nSPS) is 15.6. The Hall–Kier alpha value is -0.780. The van der Waals surface area contributed by atoms with Crippen LogP contribution in [0.4, 0.5) is 0 Å². The van der Waals surface area contributed by atoms with E-state index in [-0.39, 0.29) is 6.04 Å². The summed E-state index contributed by atoms with van der Waals surface area (Å²) < 4.78 is 12.2. The van der Waals surface area contributed by atoms with Crippen molar-refractivity contribution in [3.8, 4) is 11.5 Å². The zero-order valence-electron chi connectivity index (χ0n) is 11.5. The third-order valence-electron chi connectivity index (χ3n) is 3.34. The summed E-state index contributed by atoms with van der Waals surface area (Å²) in [6.07, 6.45) is 1.11. The molecule has 2 rings (SSSR count). The van der Waals surface area contributed by atoms with Gasteiger partial charge in [-0.2, -0.15) is 0 Å². The first-order valence-corrected chi connectivity index (χ1v) is 7.46. The van der Waals surface area contributed by atoms with E-state index in [1.54, 1.807) is 0 Å². The zero-order valence-corrected chi connectivity index (χ0v) is 13.1. The Labute approximate surface area is 123 Å². The first kappa shape index (κ1) is 14.6. The van der Waals surface area contributed by atoms with Gasteiger partial charge >= 0.3 is 0 Å². The van der Waals surface area contributed by atoms with Crippen molar-refractivity contribution in [3.63, 3.8) is 0 Å². The van der Waals surface area contributed by atoms with E-state index in [4.69, 9.17) is 15.2 Å². The van der Waals surface area contributed by atoms with Gasteiger partial charge in [0.15, 0.2) is 11.5 Å². The van der Waals surface area contributed by atoms with Gasteiger partial charge < -0.3 is 15.2 Å². The molecule has 0 aliphatic carbocycles. The van der Waals surface area contributed by atoms with Gasteiger partial charge in [-0.15, -0.1) is 0 Å². The lowest BCUT2D eigenvalue weighted by molar-refractivity contribution is 0.169. The number of fused-ring (bicyclic) bond motifs is 1. The molecule has 0 fully saturated rings. The summed E-state index contributed by atoms with van der Waals surface area (Å²) in [4.78, 5) is 2.28. The number of nitrogens with two attached hydrogens (primary N) is 1. The fourth-order valence-electron chi connectivity index (χ4n) is 2.40. The number of benzene rings is 1. The second kappa shape index (κ2) is 6.59. The third kappa shape index (κ3) is 3.22. The fraction of sp³-hybridized carbons (Fsp3) is 0.571. The maximum absolute atomic E-state index is 5.93. The van der Waals surface area contributed by atoms with E-state index >= 15 is 0 Å². The molecule has 1 aromatic rings. The highest BCUT2D eigenvalue weighted by atomic mass is 79.9. The Bertz CT molecular complexity index is 440. The molecule has 1 unspecified atom stereocenters. The minimum Gasteiger partial charge on any atom is -0.486 e. The molecule has 0 bridgehead atoms. The Morgan fingerprint density at radius 3 is 2.79 bits per heavy atom. The van der Waals surface area contributed by atoms with Crippen molar-refractivity contribution in [1.82, 2.24) is 4.90 Å². The highest BCUT2D eigenvalue weighted by Crippen LogP contribution is 2.40. The van der Waals surface area contributed by atoms with E-state index in [1.165, 1.54) is 0 Å². The van der Waals surface area contributed by atoms with Crippen LogP contribution in [0.5, 0.6) is 11.5 Å². The lowest BCUT2D eigenvalue weighted by atomic mass is 10.0. The van der Waals surface area contributed by atoms with Gasteiger partial charge in [-0.25, -0.2) is 0 Å². The number of likely N-dealkylation sites (N-methyl/N-ethyl adjacent to an activating group) is 1. The molecule has 0 aromatic heterocycles. The van der Waals surface area contributed by atoms with Crippen LogP contribution in [0.3, 0.4) is 0 Å². The largest absolute Gasteiger partial charge is 0.486 e. The van der Waals surface area contributed by atoms with Crippen LogP contribution in [0.2, 0.25) is 0 Å². The Morgan fingerprint density at radius 1 is 1.37 bits per heavy atom. The average molecular weight is 329 g/mol. The van der Waals surface area contributed by atoms with Crippen molar-refractivity contribution in [3.05, 3.63) is 22.2 Å². The van der Waals surface area contributed by atoms with Crippen LogP contribution in [-0.2, 0) is 0 Å². The molecule has 0 saturated carbocycles. The molecule has 0 spiro atoms. The third-order valence-corrected chi connectivity index (χ3v) is 3.92. The summed E-state index contributed by atoms with van der Waals surface area (Å²) in [5.74, 6) is 1.60. The van der Waals surface area contributed by atoms with Crippen molar-refractivity contribution in [2.24, 2.45) is 5.73 Å². The van der Waals surface area contributed by atoms with Crippen LogP contribution in [0.15, 0.2) is 16.6 Å². The molecule has 0 radical (unpaired) electrons. The topological polar surface area (TPSA) is 47.7 Å².